The maximum atomic E-state index is 11.8. The van der Waals surface area contributed by atoms with Gasteiger partial charge in [0.15, 0.2) is 0 Å². The summed E-state index contributed by atoms with van der Waals surface area (Å²) >= 11 is 0. The lowest BCUT2D eigenvalue weighted by Gasteiger charge is -2.16. The van der Waals surface area contributed by atoms with E-state index in [-0.39, 0.29) is 17.9 Å². The highest BCUT2D eigenvalue weighted by Crippen LogP contribution is 2.10. The number of carbonyl (C=O) groups is 2. The largest absolute Gasteiger partial charge is 0.353 e. The quantitative estimate of drug-likeness (QED) is 0.810. The minimum absolute atomic E-state index is 0.0260. The molecule has 1 aromatic heterocycles. The Morgan fingerprint density at radius 2 is 2.33 bits per heavy atom. The average molecular weight is 290 g/mol. The molecule has 6 nitrogen and oxygen atoms in total. The average Bonchev–Trinajstić information content (AvgIpc) is 2.85. The van der Waals surface area contributed by atoms with Crippen LogP contribution in [0.5, 0.6) is 0 Å². The summed E-state index contributed by atoms with van der Waals surface area (Å²) in [6.07, 6.45) is 8.43. The SMILES string of the molecule is C[C@H](Cc1cnccn1)NC(=O)CCCN1CCCC1=O. The monoisotopic (exact) mass is 290 g/mol. The first-order chi connectivity index (χ1) is 10.1. The van der Waals surface area contributed by atoms with Crippen molar-refractivity contribution in [1.82, 2.24) is 20.2 Å². The van der Waals surface area contributed by atoms with E-state index in [1.807, 2.05) is 11.8 Å². The van der Waals surface area contributed by atoms with Crippen LogP contribution < -0.4 is 5.32 Å². The molecule has 0 aromatic carbocycles. The lowest BCUT2D eigenvalue weighted by atomic mass is 10.2. The van der Waals surface area contributed by atoms with Crippen molar-refractivity contribution in [2.75, 3.05) is 13.1 Å². The van der Waals surface area contributed by atoms with Crippen molar-refractivity contribution in [3.8, 4) is 0 Å². The molecule has 0 spiro atoms. The number of nitrogens with one attached hydrogen (secondary N) is 1. The first-order valence-electron chi connectivity index (χ1n) is 7.47. The van der Waals surface area contributed by atoms with Gasteiger partial charge in [0, 0.05) is 57.0 Å². The van der Waals surface area contributed by atoms with Crippen molar-refractivity contribution < 1.29 is 9.59 Å². The first kappa shape index (κ1) is 15.4. The summed E-state index contributed by atoms with van der Waals surface area (Å²) in [4.78, 5) is 33.3. The van der Waals surface area contributed by atoms with Crippen LogP contribution in [0, 0.1) is 0 Å². The van der Waals surface area contributed by atoms with E-state index in [1.165, 1.54) is 0 Å². The van der Waals surface area contributed by atoms with E-state index in [1.54, 1.807) is 18.6 Å². The van der Waals surface area contributed by atoms with Gasteiger partial charge in [-0.1, -0.05) is 0 Å². The molecule has 114 valence electrons. The van der Waals surface area contributed by atoms with Gasteiger partial charge in [-0.25, -0.2) is 0 Å². The predicted octanol–water partition coefficient (Wildman–Crippen LogP) is 0.926. The van der Waals surface area contributed by atoms with Crippen LogP contribution >= 0.6 is 0 Å². The molecule has 2 heterocycles. The van der Waals surface area contributed by atoms with Gasteiger partial charge in [0.2, 0.25) is 11.8 Å². The maximum absolute atomic E-state index is 11.8. The van der Waals surface area contributed by atoms with Gasteiger partial charge >= 0.3 is 0 Å². The fourth-order valence-electron chi connectivity index (χ4n) is 2.52. The van der Waals surface area contributed by atoms with E-state index < -0.39 is 0 Å². The predicted molar refractivity (Wildman–Crippen MR) is 78.4 cm³/mol. The Morgan fingerprint density at radius 1 is 1.48 bits per heavy atom. The van der Waals surface area contributed by atoms with E-state index in [0.717, 1.165) is 25.1 Å². The van der Waals surface area contributed by atoms with Crippen LogP contribution in [0.25, 0.3) is 0 Å². The van der Waals surface area contributed by atoms with E-state index >= 15 is 0 Å². The van der Waals surface area contributed by atoms with Gasteiger partial charge in [-0.2, -0.15) is 0 Å². The third-order valence-electron chi connectivity index (χ3n) is 3.54. The minimum atomic E-state index is 0.0260. The second-order valence-corrected chi connectivity index (χ2v) is 5.46. The van der Waals surface area contributed by atoms with Crippen molar-refractivity contribution in [3.63, 3.8) is 0 Å². The molecule has 0 bridgehead atoms. The molecule has 6 heteroatoms. The van der Waals surface area contributed by atoms with Crippen LogP contribution in [0.3, 0.4) is 0 Å². The van der Waals surface area contributed by atoms with Crippen molar-refractivity contribution in [3.05, 3.63) is 24.3 Å². The second-order valence-electron chi connectivity index (χ2n) is 5.46. The van der Waals surface area contributed by atoms with E-state index in [0.29, 0.717) is 25.8 Å². The number of hydrogen-bond acceptors (Lipinski definition) is 4. The Hall–Kier alpha value is -1.98. The molecule has 2 amide bonds. The standard InChI is InChI=1S/C15H22N4O2/c1-12(10-13-11-16-6-7-17-13)18-14(20)4-2-8-19-9-3-5-15(19)21/h6-7,11-12H,2-5,8-10H2,1H3,(H,18,20)/t12-/m1/s1. The van der Waals surface area contributed by atoms with Crippen molar-refractivity contribution >= 4 is 11.8 Å². The molecule has 1 aliphatic rings. The van der Waals surface area contributed by atoms with Crippen LogP contribution in [0.2, 0.25) is 0 Å². The molecule has 0 saturated carbocycles. The van der Waals surface area contributed by atoms with Gasteiger partial charge in [0.1, 0.15) is 0 Å². The number of aromatic nitrogens is 2. The smallest absolute Gasteiger partial charge is 0.222 e. The molecule has 1 N–H and O–H groups in total. The van der Waals surface area contributed by atoms with Gasteiger partial charge in [0.05, 0.1) is 5.69 Å². The molecule has 1 aliphatic heterocycles. The molecule has 1 aromatic rings. The van der Waals surface area contributed by atoms with E-state index in [2.05, 4.69) is 15.3 Å². The molecule has 2 rings (SSSR count). The molecule has 1 fully saturated rings. The van der Waals surface area contributed by atoms with Crippen molar-refractivity contribution in [2.45, 2.75) is 45.1 Å². The molecule has 21 heavy (non-hydrogen) atoms. The van der Waals surface area contributed by atoms with Crippen LogP contribution in [-0.4, -0.2) is 45.8 Å². The van der Waals surface area contributed by atoms with E-state index in [4.69, 9.17) is 0 Å². The zero-order valence-electron chi connectivity index (χ0n) is 12.4. The molecular weight excluding hydrogens is 268 g/mol. The summed E-state index contributed by atoms with van der Waals surface area (Å²) < 4.78 is 0. The highest BCUT2D eigenvalue weighted by Gasteiger charge is 2.19. The Balaban J connectivity index is 1.63. The summed E-state index contributed by atoms with van der Waals surface area (Å²) in [5.41, 5.74) is 0.868. The van der Waals surface area contributed by atoms with Crippen LogP contribution in [0.1, 0.15) is 38.3 Å². The summed E-state index contributed by atoms with van der Waals surface area (Å²) in [5.74, 6) is 0.240. The van der Waals surface area contributed by atoms with Gasteiger partial charge in [-0.15, -0.1) is 0 Å². The number of amides is 2. The summed E-state index contributed by atoms with van der Waals surface area (Å²) in [6.45, 7) is 3.48. The van der Waals surface area contributed by atoms with Gasteiger partial charge in [-0.3, -0.25) is 19.6 Å². The summed E-state index contributed by atoms with van der Waals surface area (Å²) in [6, 6.07) is 0.0302. The van der Waals surface area contributed by atoms with Gasteiger partial charge in [-0.05, 0) is 19.8 Å². The molecule has 0 unspecified atom stereocenters. The normalized spacial score (nSPS) is 16.0. The van der Waals surface area contributed by atoms with Gasteiger partial charge in [0.25, 0.3) is 0 Å². The number of carbonyl (C=O) groups excluding carboxylic acids is 2. The molecule has 1 saturated heterocycles. The fourth-order valence-corrected chi connectivity index (χ4v) is 2.52. The topological polar surface area (TPSA) is 75.2 Å². The Morgan fingerprint density at radius 3 is 3.00 bits per heavy atom. The third-order valence-corrected chi connectivity index (χ3v) is 3.54. The van der Waals surface area contributed by atoms with Crippen LogP contribution in [0.15, 0.2) is 18.6 Å². The zero-order chi connectivity index (χ0) is 15.1. The number of nitrogens with zero attached hydrogens (tertiary/aromatic N) is 3. The lowest BCUT2D eigenvalue weighted by Crippen LogP contribution is -2.35. The molecule has 0 aliphatic carbocycles. The Bertz CT molecular complexity index is 478. The molecule has 0 radical (unpaired) electrons. The number of likely N-dealkylation sites (tertiary alicyclic amines) is 1. The molecule has 1 atom stereocenters. The maximum Gasteiger partial charge on any atom is 0.222 e. The highest BCUT2D eigenvalue weighted by atomic mass is 16.2. The van der Waals surface area contributed by atoms with Crippen molar-refractivity contribution in [2.24, 2.45) is 0 Å². The van der Waals surface area contributed by atoms with Crippen LogP contribution in [-0.2, 0) is 16.0 Å². The minimum Gasteiger partial charge on any atom is -0.353 e. The highest BCUT2D eigenvalue weighted by molar-refractivity contribution is 5.78. The Kier molecular flexibility index (Phi) is 5.66. The fraction of sp³-hybridized carbons (Fsp3) is 0.600. The lowest BCUT2D eigenvalue weighted by molar-refractivity contribution is -0.128. The second kappa shape index (κ2) is 7.71. The molecular formula is C15H22N4O2. The van der Waals surface area contributed by atoms with Gasteiger partial charge < -0.3 is 10.2 Å². The third kappa shape index (κ3) is 5.13. The zero-order valence-corrected chi connectivity index (χ0v) is 12.4. The van der Waals surface area contributed by atoms with Crippen molar-refractivity contribution in [1.29, 1.82) is 0 Å². The van der Waals surface area contributed by atoms with Crippen LogP contribution in [0.4, 0.5) is 0 Å². The Labute approximate surface area is 125 Å². The van der Waals surface area contributed by atoms with E-state index in [9.17, 15) is 9.59 Å². The summed E-state index contributed by atoms with van der Waals surface area (Å²) in [7, 11) is 0. The number of hydrogen-bond donors (Lipinski definition) is 1. The summed E-state index contributed by atoms with van der Waals surface area (Å²) in [5, 5.41) is 2.95. The first-order valence-corrected chi connectivity index (χ1v) is 7.47. The number of rotatable bonds is 7.